The van der Waals surface area contributed by atoms with Gasteiger partial charge in [-0.25, -0.2) is 14.4 Å². The van der Waals surface area contributed by atoms with E-state index in [9.17, 15) is 9.18 Å². The topological polar surface area (TPSA) is 80.2 Å². The van der Waals surface area contributed by atoms with Gasteiger partial charge in [-0.1, -0.05) is 0 Å². The van der Waals surface area contributed by atoms with Crippen molar-refractivity contribution in [1.82, 2.24) is 19.9 Å². The molecule has 1 N–H and O–H groups in total. The third-order valence-corrected chi connectivity index (χ3v) is 5.36. The molecule has 1 aromatic carbocycles. The number of amides is 1. The predicted octanol–water partition coefficient (Wildman–Crippen LogP) is 3.63. The number of pyridine rings is 1. The largest absolute Gasteiger partial charge is 0.492 e. The van der Waals surface area contributed by atoms with Gasteiger partial charge < -0.3 is 10.1 Å². The number of hydrogen-bond acceptors (Lipinski definition) is 6. The molecule has 0 atom stereocenters. The maximum atomic E-state index is 14.0. The van der Waals surface area contributed by atoms with Crippen molar-refractivity contribution in [1.29, 1.82) is 0 Å². The zero-order valence-electron chi connectivity index (χ0n) is 17.6. The number of halogens is 1. The molecular weight excluding hydrogens is 397 g/mol. The number of ether oxygens (including phenoxy) is 1. The highest BCUT2D eigenvalue weighted by atomic mass is 19.1. The van der Waals surface area contributed by atoms with E-state index >= 15 is 0 Å². The van der Waals surface area contributed by atoms with E-state index in [1.165, 1.54) is 25.1 Å². The van der Waals surface area contributed by atoms with Gasteiger partial charge in [0.1, 0.15) is 24.5 Å². The van der Waals surface area contributed by atoms with Gasteiger partial charge in [0.25, 0.3) is 5.91 Å². The molecule has 1 aliphatic rings. The number of nitrogens with zero attached hydrogens (tertiary/aromatic N) is 4. The molecule has 0 spiro atoms. The second kappa shape index (κ2) is 9.18. The van der Waals surface area contributed by atoms with Crippen molar-refractivity contribution in [2.45, 2.75) is 20.3 Å². The first-order valence-electron chi connectivity index (χ1n) is 10.2. The molecule has 3 aromatic rings. The average Bonchev–Trinajstić information content (AvgIpc) is 2.71. The van der Waals surface area contributed by atoms with Crippen molar-refractivity contribution in [2.75, 3.05) is 31.6 Å². The smallest absolute Gasteiger partial charge is 0.260 e. The number of aromatic nitrogens is 3. The molecule has 7 nitrogen and oxygen atoms in total. The van der Waals surface area contributed by atoms with Gasteiger partial charge in [0.2, 0.25) is 0 Å². The van der Waals surface area contributed by atoms with Crippen molar-refractivity contribution in [2.24, 2.45) is 0 Å². The van der Waals surface area contributed by atoms with E-state index in [-0.39, 0.29) is 5.56 Å². The number of benzene rings is 1. The number of carbonyl (C=O) groups is 1. The standard InChI is InChI=1S/C23H24FN5O2/c1-15-22(16(2)27-14-26-15)18-12-17(28-23(30)19-13-25-7-6-20(19)24)4-5-21(18)31-11-10-29-8-3-9-29/h4-7,12-14H,3,8-11H2,1-2H3,(H,28,30). The molecule has 0 bridgehead atoms. The van der Waals surface area contributed by atoms with Crippen LogP contribution in [0.5, 0.6) is 5.75 Å². The minimum atomic E-state index is -0.623. The van der Waals surface area contributed by atoms with Crippen molar-refractivity contribution in [3.8, 4) is 16.9 Å². The zero-order valence-corrected chi connectivity index (χ0v) is 17.6. The van der Waals surface area contributed by atoms with E-state index in [1.807, 2.05) is 26.0 Å². The molecule has 0 radical (unpaired) electrons. The van der Waals surface area contributed by atoms with Gasteiger partial charge in [0, 0.05) is 47.1 Å². The zero-order chi connectivity index (χ0) is 21.8. The number of anilines is 1. The molecule has 0 saturated carbocycles. The number of aryl methyl sites for hydroxylation is 2. The highest BCUT2D eigenvalue weighted by Crippen LogP contribution is 2.35. The van der Waals surface area contributed by atoms with Gasteiger partial charge in [-0.05, 0) is 57.6 Å². The summed E-state index contributed by atoms with van der Waals surface area (Å²) in [6, 6.07) is 6.52. The molecule has 3 heterocycles. The normalized spacial score (nSPS) is 13.5. The summed E-state index contributed by atoms with van der Waals surface area (Å²) in [6.07, 6.45) is 5.27. The lowest BCUT2D eigenvalue weighted by atomic mass is 10.0. The lowest BCUT2D eigenvalue weighted by Gasteiger charge is -2.30. The number of carbonyl (C=O) groups excluding carboxylic acids is 1. The van der Waals surface area contributed by atoms with Crippen LogP contribution in [0.1, 0.15) is 28.2 Å². The summed E-state index contributed by atoms with van der Waals surface area (Å²) in [5.74, 6) is -0.505. The van der Waals surface area contributed by atoms with Crippen LogP contribution in [0.4, 0.5) is 10.1 Å². The minimum absolute atomic E-state index is 0.116. The van der Waals surface area contributed by atoms with Gasteiger partial charge in [-0.15, -0.1) is 0 Å². The van der Waals surface area contributed by atoms with Crippen LogP contribution in [-0.4, -0.2) is 52.0 Å². The van der Waals surface area contributed by atoms with Gasteiger partial charge in [0.05, 0.1) is 5.56 Å². The maximum Gasteiger partial charge on any atom is 0.260 e. The lowest BCUT2D eigenvalue weighted by Crippen LogP contribution is -2.39. The van der Waals surface area contributed by atoms with Gasteiger partial charge in [-0.2, -0.15) is 0 Å². The average molecular weight is 421 g/mol. The minimum Gasteiger partial charge on any atom is -0.492 e. The Morgan fingerprint density at radius 3 is 2.65 bits per heavy atom. The number of likely N-dealkylation sites (tertiary alicyclic amines) is 1. The third kappa shape index (κ3) is 4.69. The second-order valence-electron chi connectivity index (χ2n) is 7.48. The lowest BCUT2D eigenvalue weighted by molar-refractivity contribution is 0.102. The maximum absolute atomic E-state index is 14.0. The van der Waals surface area contributed by atoms with Gasteiger partial charge in [0.15, 0.2) is 0 Å². The Labute approximate surface area is 180 Å². The first-order valence-corrected chi connectivity index (χ1v) is 10.2. The monoisotopic (exact) mass is 421 g/mol. The summed E-state index contributed by atoms with van der Waals surface area (Å²) in [6.45, 7) is 7.45. The Hall–Kier alpha value is -3.39. The Morgan fingerprint density at radius 2 is 1.97 bits per heavy atom. The Bertz CT molecular complexity index is 1080. The Morgan fingerprint density at radius 1 is 1.19 bits per heavy atom. The molecule has 1 aliphatic heterocycles. The van der Waals surface area contributed by atoms with Gasteiger partial charge in [-0.3, -0.25) is 14.7 Å². The highest BCUT2D eigenvalue weighted by molar-refractivity contribution is 6.04. The highest BCUT2D eigenvalue weighted by Gasteiger charge is 2.18. The molecule has 8 heteroatoms. The molecule has 2 aromatic heterocycles. The fourth-order valence-electron chi connectivity index (χ4n) is 3.54. The van der Waals surface area contributed by atoms with Crippen molar-refractivity contribution in [3.05, 3.63) is 65.8 Å². The number of rotatable bonds is 7. The fourth-order valence-corrected chi connectivity index (χ4v) is 3.54. The van der Waals surface area contributed by atoms with E-state index in [4.69, 9.17) is 4.74 Å². The number of hydrogen-bond donors (Lipinski definition) is 1. The SMILES string of the molecule is Cc1ncnc(C)c1-c1cc(NC(=O)c2cnccc2F)ccc1OCCN1CCC1. The third-order valence-electron chi connectivity index (χ3n) is 5.36. The quantitative estimate of drug-likeness (QED) is 0.628. The van der Waals surface area contributed by atoms with E-state index in [0.29, 0.717) is 18.0 Å². The Kier molecular flexibility index (Phi) is 6.18. The van der Waals surface area contributed by atoms with E-state index < -0.39 is 11.7 Å². The van der Waals surface area contributed by atoms with Crippen LogP contribution in [0.3, 0.4) is 0 Å². The summed E-state index contributed by atoms with van der Waals surface area (Å²) < 4.78 is 20.0. The van der Waals surface area contributed by atoms with Crippen LogP contribution in [-0.2, 0) is 0 Å². The van der Waals surface area contributed by atoms with E-state index in [0.717, 1.165) is 48.2 Å². The molecule has 31 heavy (non-hydrogen) atoms. The van der Waals surface area contributed by atoms with Crippen LogP contribution in [0, 0.1) is 19.7 Å². The summed E-state index contributed by atoms with van der Waals surface area (Å²) in [7, 11) is 0. The molecule has 0 aliphatic carbocycles. The van der Waals surface area contributed by atoms with Crippen molar-refractivity contribution >= 4 is 11.6 Å². The van der Waals surface area contributed by atoms with Crippen LogP contribution in [0.15, 0.2) is 43.0 Å². The second-order valence-corrected chi connectivity index (χ2v) is 7.48. The molecule has 1 fully saturated rings. The van der Waals surface area contributed by atoms with Gasteiger partial charge >= 0.3 is 0 Å². The van der Waals surface area contributed by atoms with E-state index in [1.54, 1.807) is 6.07 Å². The summed E-state index contributed by atoms with van der Waals surface area (Å²) >= 11 is 0. The molecule has 1 amide bonds. The molecular formula is C23H24FN5O2. The summed E-state index contributed by atoms with van der Waals surface area (Å²) in [4.78, 5) is 27.3. The molecule has 160 valence electrons. The van der Waals surface area contributed by atoms with Crippen LogP contribution < -0.4 is 10.1 Å². The van der Waals surface area contributed by atoms with Crippen LogP contribution in [0.25, 0.3) is 11.1 Å². The molecule has 4 rings (SSSR count). The fraction of sp³-hybridized carbons (Fsp3) is 0.304. The van der Waals surface area contributed by atoms with E-state index in [2.05, 4.69) is 25.2 Å². The first kappa shape index (κ1) is 20.9. The summed E-state index contributed by atoms with van der Waals surface area (Å²) in [5.41, 5.74) is 3.65. The molecule has 0 unspecified atom stereocenters. The van der Waals surface area contributed by atoms with Crippen molar-refractivity contribution in [3.63, 3.8) is 0 Å². The van der Waals surface area contributed by atoms with Crippen LogP contribution >= 0.6 is 0 Å². The predicted molar refractivity (Wildman–Crippen MR) is 116 cm³/mol. The van der Waals surface area contributed by atoms with Crippen LogP contribution in [0.2, 0.25) is 0 Å². The van der Waals surface area contributed by atoms with Crippen molar-refractivity contribution < 1.29 is 13.9 Å². The molecule has 1 saturated heterocycles. The summed E-state index contributed by atoms with van der Waals surface area (Å²) in [5, 5.41) is 2.74. The Balaban J connectivity index is 1.63. The number of nitrogens with one attached hydrogen (secondary N) is 1. The first-order chi connectivity index (χ1) is 15.0.